The number of nitrogens with one attached hydrogen (secondary N) is 1. The summed E-state index contributed by atoms with van der Waals surface area (Å²) in [6, 6.07) is 6.10. The number of ether oxygens (including phenoxy) is 1. The van der Waals surface area contributed by atoms with Crippen LogP contribution in [0.3, 0.4) is 0 Å². The van der Waals surface area contributed by atoms with Crippen LogP contribution in [0.15, 0.2) is 51.6 Å². The molecule has 1 aromatic carbocycles. The van der Waals surface area contributed by atoms with Gasteiger partial charge in [0.2, 0.25) is 0 Å². The van der Waals surface area contributed by atoms with E-state index in [0.29, 0.717) is 30.3 Å². The minimum atomic E-state index is -0.226. The topological polar surface area (TPSA) is 105 Å². The van der Waals surface area contributed by atoms with Crippen molar-refractivity contribution in [3.05, 3.63) is 53.0 Å². The van der Waals surface area contributed by atoms with Gasteiger partial charge in [0, 0.05) is 38.5 Å². The van der Waals surface area contributed by atoms with Crippen molar-refractivity contribution in [3.8, 4) is 0 Å². The molecule has 11 heteroatoms. The molecular formula is C20H20N8O2S. The van der Waals surface area contributed by atoms with Gasteiger partial charge in [-0.1, -0.05) is 17.8 Å². The Bertz CT molecular complexity index is 1330. The van der Waals surface area contributed by atoms with Crippen molar-refractivity contribution >= 4 is 40.2 Å². The lowest BCUT2D eigenvalue weighted by molar-refractivity contribution is 0.204. The first kappa shape index (κ1) is 19.5. The fourth-order valence-electron chi connectivity index (χ4n) is 3.63. The van der Waals surface area contributed by atoms with E-state index in [0.717, 1.165) is 27.0 Å². The first-order valence-corrected chi connectivity index (χ1v) is 10.4. The predicted molar refractivity (Wildman–Crippen MR) is 118 cm³/mol. The zero-order valence-corrected chi connectivity index (χ0v) is 18.1. The van der Waals surface area contributed by atoms with Crippen molar-refractivity contribution < 1.29 is 4.74 Å². The third-order valence-electron chi connectivity index (χ3n) is 4.99. The van der Waals surface area contributed by atoms with Gasteiger partial charge >= 0.3 is 5.69 Å². The second-order valence-electron chi connectivity index (χ2n) is 7.24. The molecule has 0 atom stereocenters. The third kappa shape index (κ3) is 3.31. The molecular weight excluding hydrogens is 416 g/mol. The quantitative estimate of drug-likeness (QED) is 0.504. The van der Waals surface area contributed by atoms with Crippen LogP contribution in [-0.2, 0) is 11.3 Å². The summed E-state index contributed by atoms with van der Waals surface area (Å²) in [5.74, 6) is 1.43. The predicted octanol–water partition coefficient (Wildman–Crippen LogP) is 2.23. The van der Waals surface area contributed by atoms with E-state index in [9.17, 15) is 4.79 Å². The van der Waals surface area contributed by atoms with Crippen LogP contribution in [0, 0.1) is 0 Å². The second kappa shape index (κ2) is 7.67. The van der Waals surface area contributed by atoms with Gasteiger partial charge in [0.25, 0.3) is 0 Å². The number of fused-ring (bicyclic) bond motifs is 3. The molecule has 0 unspecified atom stereocenters. The number of nitrogens with zero attached hydrogens (tertiary/aromatic N) is 7. The molecule has 1 aliphatic rings. The fraction of sp³-hybridized carbons (Fsp3) is 0.250. The van der Waals surface area contributed by atoms with Gasteiger partial charge in [-0.05, 0) is 17.7 Å². The largest absolute Gasteiger partial charge is 0.364 e. The highest BCUT2D eigenvalue weighted by Crippen LogP contribution is 2.46. The maximum Gasteiger partial charge on any atom is 0.328 e. The van der Waals surface area contributed by atoms with Crippen LogP contribution >= 0.6 is 11.8 Å². The molecule has 0 amide bonds. The van der Waals surface area contributed by atoms with Crippen LogP contribution in [0.4, 0.5) is 17.3 Å². The summed E-state index contributed by atoms with van der Waals surface area (Å²) in [4.78, 5) is 38.0. The SMILES string of the molecule is COCN1c2cc(Cn3c(=O)[nH]c4c(N(C)C)ncnc43)ccc2Sc2nccnc21. The molecule has 4 aromatic rings. The van der Waals surface area contributed by atoms with Gasteiger partial charge in [-0.25, -0.2) is 24.7 Å². The van der Waals surface area contributed by atoms with Gasteiger partial charge in [-0.15, -0.1) is 0 Å². The van der Waals surface area contributed by atoms with Crippen molar-refractivity contribution in [1.29, 1.82) is 0 Å². The fourth-order valence-corrected chi connectivity index (χ4v) is 4.62. The first-order chi connectivity index (χ1) is 15.1. The lowest BCUT2D eigenvalue weighted by atomic mass is 10.2. The average Bonchev–Trinajstić information content (AvgIpc) is 3.09. The van der Waals surface area contributed by atoms with Gasteiger partial charge in [0.15, 0.2) is 17.3 Å². The highest BCUT2D eigenvalue weighted by Gasteiger charge is 2.26. The van der Waals surface area contributed by atoms with Gasteiger partial charge in [0.1, 0.15) is 23.6 Å². The van der Waals surface area contributed by atoms with Crippen molar-refractivity contribution in [3.63, 3.8) is 0 Å². The average molecular weight is 437 g/mol. The summed E-state index contributed by atoms with van der Waals surface area (Å²) in [5.41, 5.74) is 2.89. The molecule has 1 N–H and O–H groups in total. The Labute approximate surface area is 181 Å². The van der Waals surface area contributed by atoms with E-state index in [1.54, 1.807) is 35.8 Å². The molecule has 31 heavy (non-hydrogen) atoms. The Balaban J connectivity index is 1.56. The highest BCUT2D eigenvalue weighted by atomic mass is 32.2. The molecule has 10 nitrogen and oxygen atoms in total. The molecule has 0 fully saturated rings. The van der Waals surface area contributed by atoms with Crippen LogP contribution in [0.2, 0.25) is 0 Å². The summed E-state index contributed by atoms with van der Waals surface area (Å²) >= 11 is 1.57. The van der Waals surface area contributed by atoms with E-state index in [2.05, 4.69) is 31.0 Å². The number of benzene rings is 1. The smallest absolute Gasteiger partial charge is 0.328 e. The number of aromatic amines is 1. The van der Waals surface area contributed by atoms with E-state index < -0.39 is 0 Å². The Kier molecular flexibility index (Phi) is 4.83. The zero-order chi connectivity index (χ0) is 21.5. The molecule has 0 saturated heterocycles. The van der Waals surface area contributed by atoms with E-state index in [1.165, 1.54) is 6.33 Å². The number of H-pyrrole nitrogens is 1. The summed E-state index contributed by atoms with van der Waals surface area (Å²) in [5, 5.41) is 0.834. The van der Waals surface area contributed by atoms with Gasteiger partial charge in [0.05, 0.1) is 12.2 Å². The van der Waals surface area contributed by atoms with Gasteiger partial charge in [-0.2, -0.15) is 0 Å². The number of aromatic nitrogens is 6. The van der Waals surface area contributed by atoms with E-state index in [1.807, 2.05) is 36.0 Å². The molecule has 0 spiro atoms. The summed E-state index contributed by atoms with van der Waals surface area (Å²) in [6.07, 6.45) is 4.83. The third-order valence-corrected chi connectivity index (χ3v) is 6.03. The van der Waals surface area contributed by atoms with Crippen LogP contribution < -0.4 is 15.5 Å². The first-order valence-electron chi connectivity index (χ1n) is 9.56. The molecule has 158 valence electrons. The van der Waals surface area contributed by atoms with Crippen LogP contribution in [0.5, 0.6) is 0 Å². The van der Waals surface area contributed by atoms with E-state index in [-0.39, 0.29) is 5.69 Å². The van der Waals surface area contributed by atoms with Crippen LogP contribution in [0.1, 0.15) is 5.56 Å². The van der Waals surface area contributed by atoms with E-state index in [4.69, 9.17) is 4.74 Å². The van der Waals surface area contributed by atoms with E-state index >= 15 is 0 Å². The Morgan fingerprint density at radius 2 is 2.00 bits per heavy atom. The summed E-state index contributed by atoms with van der Waals surface area (Å²) < 4.78 is 7.04. The van der Waals surface area contributed by atoms with Crippen molar-refractivity contribution in [1.82, 2.24) is 29.5 Å². The Hall–Kier alpha value is -3.44. The summed E-state index contributed by atoms with van der Waals surface area (Å²) in [6.45, 7) is 0.712. The monoisotopic (exact) mass is 436 g/mol. The maximum absolute atomic E-state index is 12.7. The number of anilines is 3. The van der Waals surface area contributed by atoms with Crippen molar-refractivity contribution in [2.75, 3.05) is 37.7 Å². The van der Waals surface area contributed by atoms with Crippen LogP contribution in [0.25, 0.3) is 11.2 Å². The lowest BCUT2D eigenvalue weighted by Crippen LogP contribution is -2.25. The Morgan fingerprint density at radius 1 is 1.16 bits per heavy atom. The number of methoxy groups -OCH3 is 1. The molecule has 1 aliphatic heterocycles. The molecule has 0 aliphatic carbocycles. The van der Waals surface area contributed by atoms with Crippen molar-refractivity contribution in [2.24, 2.45) is 0 Å². The van der Waals surface area contributed by atoms with Gasteiger partial charge in [-0.3, -0.25) is 9.47 Å². The molecule has 0 bridgehead atoms. The number of hydrogen-bond donors (Lipinski definition) is 1. The molecule has 0 saturated carbocycles. The minimum absolute atomic E-state index is 0.226. The lowest BCUT2D eigenvalue weighted by Gasteiger charge is -2.30. The molecule has 3 aromatic heterocycles. The summed E-state index contributed by atoms with van der Waals surface area (Å²) in [7, 11) is 5.41. The second-order valence-corrected chi connectivity index (χ2v) is 8.27. The highest BCUT2D eigenvalue weighted by molar-refractivity contribution is 7.99. The Morgan fingerprint density at radius 3 is 2.81 bits per heavy atom. The number of hydrogen-bond acceptors (Lipinski definition) is 9. The minimum Gasteiger partial charge on any atom is -0.364 e. The normalized spacial score (nSPS) is 12.7. The number of imidazole rings is 1. The number of rotatable bonds is 5. The van der Waals surface area contributed by atoms with Crippen LogP contribution in [-0.4, -0.2) is 57.4 Å². The maximum atomic E-state index is 12.7. The molecule has 4 heterocycles. The standard InChI is InChI=1S/C20H20N8O2S/c1-26(2)16-15-17(24-10-23-16)27(20(29)25-15)9-12-4-5-14-13(8-12)28(11-30-3)18-19(31-14)22-7-6-21-18/h4-8,10H,9,11H2,1-3H3,(H,25,29). The van der Waals surface area contributed by atoms with Gasteiger partial charge < -0.3 is 14.6 Å². The molecule has 0 radical (unpaired) electrons. The zero-order valence-electron chi connectivity index (χ0n) is 17.2. The van der Waals surface area contributed by atoms with Crippen molar-refractivity contribution in [2.45, 2.75) is 16.5 Å². The molecule has 5 rings (SSSR count).